The number of aromatic nitrogens is 5. The summed E-state index contributed by atoms with van der Waals surface area (Å²) in [6, 6.07) is 10.3. The fourth-order valence-corrected chi connectivity index (χ4v) is 3.17. The molecule has 0 aliphatic carbocycles. The number of nitrogens with one attached hydrogen (secondary N) is 1. The lowest BCUT2D eigenvalue weighted by Gasteiger charge is -2.35. The van der Waals surface area contributed by atoms with Gasteiger partial charge in [0.1, 0.15) is 5.82 Å². The third-order valence-electron chi connectivity index (χ3n) is 4.44. The van der Waals surface area contributed by atoms with Crippen LogP contribution >= 0.6 is 12.4 Å². The molecule has 1 saturated heterocycles. The summed E-state index contributed by atoms with van der Waals surface area (Å²) in [6.07, 6.45) is 5.86. The summed E-state index contributed by atoms with van der Waals surface area (Å²) in [5.74, 6) is 1.08. The molecule has 0 saturated carbocycles. The lowest BCUT2D eigenvalue weighted by Crippen LogP contribution is -2.46. The normalized spacial score (nSPS) is 18.0. The molecule has 8 heteroatoms. The Morgan fingerprint density at radius 3 is 2.84 bits per heavy atom. The van der Waals surface area contributed by atoms with Crippen molar-refractivity contribution < 1.29 is 0 Å². The number of nitrogens with zero attached hydrogens (tertiary/aromatic N) is 6. The zero-order valence-electron chi connectivity index (χ0n) is 14.1. The van der Waals surface area contributed by atoms with Crippen molar-refractivity contribution >= 4 is 12.4 Å². The molecule has 132 valence electrons. The van der Waals surface area contributed by atoms with Crippen molar-refractivity contribution in [3.8, 4) is 5.69 Å². The molecule has 1 aliphatic rings. The lowest BCUT2D eigenvalue weighted by atomic mass is 10.1. The number of benzene rings is 1. The molecular weight excluding hydrogens is 338 g/mol. The number of aryl methyl sites for hydroxylation is 1. The molecular formula is C17H22ClN7. The summed E-state index contributed by atoms with van der Waals surface area (Å²) in [5.41, 5.74) is 2.00. The van der Waals surface area contributed by atoms with Gasteiger partial charge >= 0.3 is 0 Å². The number of hydrogen-bond acceptors (Lipinski definition) is 5. The van der Waals surface area contributed by atoms with Crippen LogP contribution in [-0.4, -0.2) is 49.1 Å². The number of para-hydroxylation sites is 1. The second kappa shape index (κ2) is 7.77. The van der Waals surface area contributed by atoms with E-state index in [1.165, 1.54) is 0 Å². The van der Waals surface area contributed by atoms with Gasteiger partial charge in [0.05, 0.1) is 23.6 Å². The van der Waals surface area contributed by atoms with Gasteiger partial charge in [-0.25, -0.2) is 9.67 Å². The Balaban J connectivity index is 0.00000182. The van der Waals surface area contributed by atoms with Crippen molar-refractivity contribution in [2.75, 3.05) is 19.6 Å². The van der Waals surface area contributed by atoms with E-state index < -0.39 is 0 Å². The number of piperazine rings is 1. The average molecular weight is 360 g/mol. The molecule has 3 aromatic rings. The highest BCUT2D eigenvalue weighted by molar-refractivity contribution is 5.85. The Hall–Kier alpha value is -2.22. The zero-order chi connectivity index (χ0) is 16.4. The SMILES string of the molecule is Cl.Cn1ccnc1C1CNCCN1Cc1cn(-c2ccccc2)nn1. The van der Waals surface area contributed by atoms with E-state index in [4.69, 9.17) is 0 Å². The molecule has 25 heavy (non-hydrogen) atoms. The molecule has 1 aromatic carbocycles. The smallest absolute Gasteiger partial charge is 0.127 e. The van der Waals surface area contributed by atoms with Crippen molar-refractivity contribution in [3.63, 3.8) is 0 Å². The maximum absolute atomic E-state index is 4.52. The van der Waals surface area contributed by atoms with Crippen LogP contribution in [0.15, 0.2) is 48.9 Å². The zero-order valence-corrected chi connectivity index (χ0v) is 14.9. The van der Waals surface area contributed by atoms with Crippen molar-refractivity contribution in [2.24, 2.45) is 7.05 Å². The second-order valence-electron chi connectivity index (χ2n) is 6.08. The largest absolute Gasteiger partial charge is 0.337 e. The fraction of sp³-hybridized carbons (Fsp3) is 0.353. The van der Waals surface area contributed by atoms with Crippen molar-refractivity contribution in [1.29, 1.82) is 0 Å². The molecule has 1 N–H and O–H groups in total. The maximum Gasteiger partial charge on any atom is 0.127 e. The molecule has 3 heterocycles. The van der Waals surface area contributed by atoms with Crippen molar-refractivity contribution in [1.82, 2.24) is 34.8 Å². The van der Waals surface area contributed by atoms with Crippen molar-refractivity contribution in [3.05, 3.63) is 60.4 Å². The van der Waals surface area contributed by atoms with Gasteiger partial charge in [0.2, 0.25) is 0 Å². The van der Waals surface area contributed by atoms with Gasteiger partial charge in [0.15, 0.2) is 0 Å². The Morgan fingerprint density at radius 2 is 2.08 bits per heavy atom. The van der Waals surface area contributed by atoms with Gasteiger partial charge in [0, 0.05) is 45.6 Å². The molecule has 0 spiro atoms. The molecule has 7 nitrogen and oxygen atoms in total. The lowest BCUT2D eigenvalue weighted by molar-refractivity contribution is 0.143. The van der Waals surface area contributed by atoms with Gasteiger partial charge in [-0.3, -0.25) is 4.90 Å². The highest BCUT2D eigenvalue weighted by atomic mass is 35.5. The summed E-state index contributed by atoms with van der Waals surface area (Å²) in [4.78, 5) is 6.94. The van der Waals surface area contributed by atoms with Gasteiger partial charge in [-0.1, -0.05) is 23.4 Å². The minimum atomic E-state index is 0. The summed E-state index contributed by atoms with van der Waals surface area (Å²) < 4.78 is 3.92. The highest BCUT2D eigenvalue weighted by Crippen LogP contribution is 2.22. The van der Waals surface area contributed by atoms with Crippen LogP contribution in [0.4, 0.5) is 0 Å². The Bertz CT molecular complexity index is 798. The first-order valence-corrected chi connectivity index (χ1v) is 8.20. The Morgan fingerprint density at radius 1 is 1.24 bits per heavy atom. The molecule has 4 rings (SSSR count). The Kier molecular flexibility index (Phi) is 5.47. The summed E-state index contributed by atoms with van der Waals surface area (Å²) >= 11 is 0. The maximum atomic E-state index is 4.52. The van der Waals surface area contributed by atoms with E-state index in [0.717, 1.165) is 43.4 Å². The quantitative estimate of drug-likeness (QED) is 0.766. The summed E-state index contributed by atoms with van der Waals surface area (Å²) in [7, 11) is 2.04. The molecule has 1 fully saturated rings. The third-order valence-corrected chi connectivity index (χ3v) is 4.44. The number of rotatable bonds is 4. The van der Waals surface area contributed by atoms with Gasteiger partial charge in [-0.15, -0.1) is 17.5 Å². The second-order valence-corrected chi connectivity index (χ2v) is 6.08. The van der Waals surface area contributed by atoms with Crippen LogP contribution in [-0.2, 0) is 13.6 Å². The van der Waals surface area contributed by atoms with Crippen LogP contribution in [0.25, 0.3) is 5.69 Å². The standard InChI is InChI=1S/C17H21N7.ClH/c1-22-9-8-19-17(22)16-11-18-7-10-23(16)12-14-13-24(21-20-14)15-5-3-2-4-6-15;/h2-6,8-9,13,16,18H,7,10-12H2,1H3;1H. The number of hydrogen-bond donors (Lipinski definition) is 1. The van der Waals surface area contributed by atoms with E-state index in [-0.39, 0.29) is 18.4 Å². The van der Waals surface area contributed by atoms with Gasteiger partial charge in [-0.2, -0.15) is 0 Å². The minimum Gasteiger partial charge on any atom is -0.337 e. The molecule has 1 atom stereocenters. The summed E-state index contributed by atoms with van der Waals surface area (Å²) in [6.45, 7) is 3.62. The number of imidazole rings is 1. The number of halogens is 1. The predicted molar refractivity (Wildman–Crippen MR) is 97.8 cm³/mol. The molecule has 0 radical (unpaired) electrons. The fourth-order valence-electron chi connectivity index (χ4n) is 3.17. The first kappa shape index (κ1) is 17.6. The van der Waals surface area contributed by atoms with Gasteiger partial charge < -0.3 is 9.88 Å². The molecule has 2 aromatic heterocycles. The van der Waals surface area contributed by atoms with Crippen LogP contribution < -0.4 is 5.32 Å². The predicted octanol–water partition coefficient (Wildman–Crippen LogP) is 1.57. The van der Waals surface area contributed by atoms with E-state index in [1.807, 2.05) is 60.7 Å². The van der Waals surface area contributed by atoms with Crippen LogP contribution in [0, 0.1) is 0 Å². The highest BCUT2D eigenvalue weighted by Gasteiger charge is 2.27. The third kappa shape index (κ3) is 3.73. The van der Waals surface area contributed by atoms with Gasteiger partial charge in [-0.05, 0) is 12.1 Å². The molecule has 1 aliphatic heterocycles. The first-order valence-electron chi connectivity index (χ1n) is 8.20. The molecule has 1 unspecified atom stereocenters. The monoisotopic (exact) mass is 359 g/mol. The van der Waals surface area contributed by atoms with Crippen LogP contribution in [0.5, 0.6) is 0 Å². The molecule has 0 amide bonds. The average Bonchev–Trinajstić information content (AvgIpc) is 3.25. The van der Waals surface area contributed by atoms with Gasteiger partial charge in [0.25, 0.3) is 0 Å². The van der Waals surface area contributed by atoms with Crippen LogP contribution in [0.1, 0.15) is 17.6 Å². The van der Waals surface area contributed by atoms with E-state index >= 15 is 0 Å². The van der Waals surface area contributed by atoms with E-state index in [0.29, 0.717) is 0 Å². The molecule has 0 bridgehead atoms. The topological polar surface area (TPSA) is 63.8 Å². The van der Waals surface area contributed by atoms with E-state index in [1.54, 1.807) is 0 Å². The van der Waals surface area contributed by atoms with E-state index in [9.17, 15) is 0 Å². The first-order chi connectivity index (χ1) is 11.8. The van der Waals surface area contributed by atoms with E-state index in [2.05, 4.69) is 30.1 Å². The minimum absolute atomic E-state index is 0. The van der Waals surface area contributed by atoms with Crippen molar-refractivity contribution in [2.45, 2.75) is 12.6 Å². The Labute approximate surface area is 153 Å². The van der Waals surface area contributed by atoms with Crippen LogP contribution in [0.2, 0.25) is 0 Å². The summed E-state index contributed by atoms with van der Waals surface area (Å²) in [5, 5.41) is 12.1. The van der Waals surface area contributed by atoms with Crippen LogP contribution in [0.3, 0.4) is 0 Å².